The summed E-state index contributed by atoms with van der Waals surface area (Å²) < 4.78 is 31.6. The van der Waals surface area contributed by atoms with Gasteiger partial charge in [-0.2, -0.15) is 8.42 Å². The Bertz CT molecular complexity index is 94.9. The standard InChI is InChI=1S/Al.K.H2O4S.3H/c;;1-5(2,3)4;;;/h;;(H2,1,2,3,4);;;. The van der Waals surface area contributed by atoms with E-state index < -0.39 is 10.4 Å². The molecule has 0 aliphatic heterocycles. The van der Waals surface area contributed by atoms with Gasteiger partial charge in [-0.1, -0.05) is 0 Å². The topological polar surface area (TPSA) is 74.6 Å². The van der Waals surface area contributed by atoms with Gasteiger partial charge in [-0.05, 0) is 0 Å². The Kier molecular flexibility index (Phi) is 14.1. The van der Waals surface area contributed by atoms with Gasteiger partial charge in [-0.3, -0.25) is 9.11 Å². The summed E-state index contributed by atoms with van der Waals surface area (Å²) in [6, 6.07) is 0. The van der Waals surface area contributed by atoms with Crippen LogP contribution in [0.15, 0.2) is 0 Å². The van der Waals surface area contributed by atoms with Gasteiger partial charge in [0.2, 0.25) is 0 Å². The molecule has 0 unspecified atom stereocenters. The van der Waals surface area contributed by atoms with Gasteiger partial charge in [0.05, 0.1) is 0 Å². The van der Waals surface area contributed by atoms with Crippen LogP contribution in [0.3, 0.4) is 0 Å². The summed E-state index contributed by atoms with van der Waals surface area (Å²) in [6.07, 6.45) is 0. The summed E-state index contributed by atoms with van der Waals surface area (Å²) in [4.78, 5) is 0. The van der Waals surface area contributed by atoms with Crippen molar-refractivity contribution < 1.29 is 17.5 Å². The van der Waals surface area contributed by atoms with E-state index in [4.69, 9.17) is 17.5 Å². The normalized spacial score (nSPS) is 8.29. The quantitative estimate of drug-likeness (QED) is 0.316. The van der Waals surface area contributed by atoms with Gasteiger partial charge < -0.3 is 0 Å². The van der Waals surface area contributed by atoms with Crippen molar-refractivity contribution in [2.24, 2.45) is 0 Å². The van der Waals surface area contributed by atoms with Crippen LogP contribution in [0.1, 0.15) is 0 Å². The van der Waals surface area contributed by atoms with Gasteiger partial charge in [0, 0.05) is 51.4 Å². The SMILES string of the molecule is O=S(=O)(O)O.[AlH3].[K]. The minimum atomic E-state index is -4.67. The van der Waals surface area contributed by atoms with Gasteiger partial charge in [-0.15, -0.1) is 0 Å². The first-order valence-corrected chi connectivity index (χ1v) is 2.10. The molecule has 0 fully saturated rings. The van der Waals surface area contributed by atoms with E-state index >= 15 is 0 Å². The second-order valence-electron chi connectivity index (χ2n) is 0.448. The molecule has 2 N–H and O–H groups in total. The molecule has 39 valence electrons. The van der Waals surface area contributed by atoms with Crippen LogP contribution in [0, 0.1) is 0 Å². The van der Waals surface area contributed by atoms with E-state index in [2.05, 4.69) is 0 Å². The van der Waals surface area contributed by atoms with Crippen molar-refractivity contribution in [3.63, 3.8) is 0 Å². The van der Waals surface area contributed by atoms with Gasteiger partial charge >= 0.3 is 10.4 Å². The average molecular weight is 167 g/mol. The Morgan fingerprint density at radius 1 is 1.14 bits per heavy atom. The van der Waals surface area contributed by atoms with Crippen molar-refractivity contribution in [3.05, 3.63) is 0 Å². The first kappa shape index (κ1) is 16.0. The zero-order valence-corrected chi connectivity index (χ0v) is 7.06. The summed E-state index contributed by atoms with van der Waals surface area (Å²) in [7, 11) is -4.67. The maximum Gasteiger partial charge on any atom is 0.394 e. The minimum absolute atomic E-state index is 0. The molecule has 7 heteroatoms. The van der Waals surface area contributed by atoms with Crippen molar-refractivity contribution in [1.82, 2.24) is 0 Å². The van der Waals surface area contributed by atoms with Crippen molar-refractivity contribution in [2.75, 3.05) is 0 Å². The van der Waals surface area contributed by atoms with Crippen molar-refractivity contribution >= 4 is 79.1 Å². The Morgan fingerprint density at radius 2 is 1.14 bits per heavy atom. The zero-order valence-electron chi connectivity index (χ0n) is 3.12. The molecule has 0 spiro atoms. The predicted octanol–water partition coefficient (Wildman–Crippen LogP) is -2.22. The van der Waals surface area contributed by atoms with E-state index in [9.17, 15) is 0 Å². The molecule has 0 aromatic heterocycles. The van der Waals surface area contributed by atoms with E-state index in [1.54, 1.807) is 0 Å². The molecule has 0 aliphatic rings. The monoisotopic (exact) mass is 167 g/mol. The molecule has 0 aromatic rings. The van der Waals surface area contributed by atoms with Crippen molar-refractivity contribution in [2.45, 2.75) is 0 Å². The van der Waals surface area contributed by atoms with E-state index in [0.717, 1.165) is 0 Å². The van der Waals surface area contributed by atoms with Gasteiger partial charge in [0.1, 0.15) is 0 Å². The van der Waals surface area contributed by atoms with E-state index in [1.807, 2.05) is 0 Å². The second-order valence-corrected chi connectivity index (χ2v) is 1.34. The minimum Gasteiger partial charge on any atom is -0.264 e. The maximum atomic E-state index is 8.74. The molecule has 1 radical (unpaired) electrons. The molecule has 0 atom stereocenters. The molecule has 0 rings (SSSR count). The third kappa shape index (κ3) is 70.5. The molecule has 0 amide bonds. The molecule has 7 heavy (non-hydrogen) atoms. The van der Waals surface area contributed by atoms with Crippen LogP contribution in [0.2, 0.25) is 0 Å². The number of hydrogen-bond acceptors (Lipinski definition) is 2. The van der Waals surface area contributed by atoms with Crippen LogP contribution < -0.4 is 0 Å². The van der Waals surface area contributed by atoms with Crippen molar-refractivity contribution in [1.29, 1.82) is 0 Å². The number of hydrogen-bond donors (Lipinski definition) is 2. The Morgan fingerprint density at radius 3 is 1.14 bits per heavy atom. The molecular weight excluding hydrogens is 162 g/mol. The molecule has 0 aromatic carbocycles. The summed E-state index contributed by atoms with van der Waals surface area (Å²) in [5, 5.41) is 0. The largest absolute Gasteiger partial charge is 0.394 e. The van der Waals surface area contributed by atoms with E-state index in [0.29, 0.717) is 0 Å². The predicted molar refractivity (Wildman–Crippen MR) is 29.9 cm³/mol. The van der Waals surface area contributed by atoms with Crippen LogP contribution >= 0.6 is 0 Å². The molecule has 4 nitrogen and oxygen atoms in total. The van der Waals surface area contributed by atoms with E-state index in [1.165, 1.54) is 0 Å². The summed E-state index contributed by atoms with van der Waals surface area (Å²) >= 11 is 0. The van der Waals surface area contributed by atoms with E-state index in [-0.39, 0.29) is 68.7 Å². The first-order chi connectivity index (χ1) is 2.00. The van der Waals surface area contributed by atoms with Crippen LogP contribution in [-0.4, -0.2) is 86.3 Å². The van der Waals surface area contributed by atoms with Gasteiger partial charge in [-0.25, -0.2) is 0 Å². The Hall–Kier alpha value is 2.04. The van der Waals surface area contributed by atoms with Crippen LogP contribution in [0.4, 0.5) is 0 Å². The molecule has 0 bridgehead atoms. The second kappa shape index (κ2) is 6.16. The Labute approximate surface area is 94.8 Å². The molecule has 0 saturated heterocycles. The average Bonchev–Trinajstić information content (AvgIpc) is 0.722. The summed E-state index contributed by atoms with van der Waals surface area (Å²) in [5.74, 6) is 0. The summed E-state index contributed by atoms with van der Waals surface area (Å²) in [6.45, 7) is 0. The summed E-state index contributed by atoms with van der Waals surface area (Å²) in [5.41, 5.74) is 0. The van der Waals surface area contributed by atoms with Crippen LogP contribution in [-0.2, 0) is 10.4 Å². The molecule has 0 aliphatic carbocycles. The third-order valence-corrected chi connectivity index (χ3v) is 0. The molecule has 0 heterocycles. The first-order valence-electron chi connectivity index (χ1n) is 0.698. The van der Waals surface area contributed by atoms with Crippen LogP contribution in [0.5, 0.6) is 0 Å². The maximum absolute atomic E-state index is 8.74. The smallest absolute Gasteiger partial charge is 0.264 e. The third-order valence-electron chi connectivity index (χ3n) is 0. The zero-order chi connectivity index (χ0) is 4.50. The number of rotatable bonds is 0. The molecule has 0 saturated carbocycles. The fraction of sp³-hybridized carbons (Fsp3) is 0. The fourth-order valence-electron chi connectivity index (χ4n) is 0. The Balaban J connectivity index is -0.0000000800. The molecular formula is H5AlKO4S. The van der Waals surface area contributed by atoms with Gasteiger partial charge in [0.15, 0.2) is 17.4 Å². The fourth-order valence-corrected chi connectivity index (χ4v) is 0. The van der Waals surface area contributed by atoms with Crippen molar-refractivity contribution in [3.8, 4) is 0 Å². The van der Waals surface area contributed by atoms with Crippen LogP contribution in [0.25, 0.3) is 0 Å². The van der Waals surface area contributed by atoms with Gasteiger partial charge in [0.25, 0.3) is 0 Å².